The molecular weight excluding hydrogens is 542 g/mol. The minimum absolute atomic E-state index is 0.241. The van der Waals surface area contributed by atoms with Crippen LogP contribution in [0.2, 0.25) is 5.02 Å². The molecule has 0 aliphatic carbocycles. The predicted molar refractivity (Wildman–Crippen MR) is 159 cm³/mol. The van der Waals surface area contributed by atoms with Crippen LogP contribution in [0.4, 0.5) is 0 Å². The summed E-state index contributed by atoms with van der Waals surface area (Å²) in [5, 5.41) is 6.21. The third-order valence-corrected chi connectivity index (χ3v) is 6.75. The molecule has 3 heterocycles. The van der Waals surface area contributed by atoms with Gasteiger partial charge in [-0.2, -0.15) is 9.78 Å². The van der Waals surface area contributed by atoms with Gasteiger partial charge in [0, 0.05) is 16.0 Å². The molecule has 41 heavy (non-hydrogen) atoms. The number of benzene rings is 3. The molecule has 3 aromatic carbocycles. The molecule has 0 bridgehead atoms. The van der Waals surface area contributed by atoms with E-state index in [1.807, 2.05) is 13.0 Å². The van der Waals surface area contributed by atoms with Crippen molar-refractivity contribution in [2.75, 3.05) is 6.61 Å². The monoisotopic (exact) mass is 565 g/mol. The minimum Gasteiger partial charge on any atom is -0.462 e. The highest BCUT2D eigenvalue weighted by molar-refractivity contribution is 6.31. The molecule has 0 spiro atoms. The summed E-state index contributed by atoms with van der Waals surface area (Å²) in [6, 6.07) is 24.6. The number of ether oxygens (including phenoxy) is 1. The Labute approximate surface area is 239 Å². The van der Waals surface area contributed by atoms with Crippen LogP contribution in [-0.4, -0.2) is 28.5 Å². The molecule has 9 heteroatoms. The van der Waals surface area contributed by atoms with Crippen LogP contribution in [0.1, 0.15) is 35.9 Å². The topological polar surface area (TPSA) is 99.8 Å². The van der Waals surface area contributed by atoms with Crippen molar-refractivity contribution in [3.8, 4) is 22.9 Å². The molecule has 6 aromatic rings. The van der Waals surface area contributed by atoms with Crippen LogP contribution in [0.15, 0.2) is 104 Å². The van der Waals surface area contributed by atoms with Crippen LogP contribution in [0.5, 0.6) is 0 Å². The molecular formula is C32H24ClN3O5. The number of carbonyl (C=O) groups excluding carboxylic acids is 1. The first-order chi connectivity index (χ1) is 20.0. The summed E-state index contributed by atoms with van der Waals surface area (Å²) in [4.78, 5) is 30.4. The number of furan rings is 2. The maximum atomic E-state index is 13.5. The Morgan fingerprint density at radius 3 is 2.66 bits per heavy atom. The summed E-state index contributed by atoms with van der Waals surface area (Å²) in [5.41, 5.74) is 2.03. The molecule has 204 valence electrons. The largest absolute Gasteiger partial charge is 0.462 e. The van der Waals surface area contributed by atoms with E-state index in [-0.39, 0.29) is 17.4 Å². The quantitative estimate of drug-likeness (QED) is 0.107. The van der Waals surface area contributed by atoms with Crippen LogP contribution in [0, 0.1) is 0 Å². The van der Waals surface area contributed by atoms with E-state index >= 15 is 0 Å². The van der Waals surface area contributed by atoms with Crippen LogP contribution < -0.4 is 5.56 Å². The molecule has 0 unspecified atom stereocenters. The smallest absolute Gasteiger partial charge is 0.338 e. The second-order valence-corrected chi connectivity index (χ2v) is 9.81. The summed E-state index contributed by atoms with van der Waals surface area (Å²) in [5.74, 6) is 1.26. The first-order valence-electron chi connectivity index (χ1n) is 13.1. The van der Waals surface area contributed by atoms with Gasteiger partial charge in [-0.25, -0.2) is 9.78 Å². The second kappa shape index (κ2) is 11.3. The third-order valence-electron chi connectivity index (χ3n) is 6.52. The number of fused-ring (bicyclic) bond motifs is 2. The lowest BCUT2D eigenvalue weighted by Crippen LogP contribution is -2.20. The van der Waals surface area contributed by atoms with Gasteiger partial charge in [-0.1, -0.05) is 49.2 Å². The molecule has 0 N–H and O–H groups in total. The van der Waals surface area contributed by atoms with E-state index in [1.165, 1.54) is 10.9 Å². The fourth-order valence-corrected chi connectivity index (χ4v) is 4.55. The van der Waals surface area contributed by atoms with Crippen molar-refractivity contribution in [3.05, 3.63) is 112 Å². The Morgan fingerprint density at radius 2 is 1.83 bits per heavy atom. The highest BCUT2D eigenvalue weighted by Crippen LogP contribution is 2.29. The third kappa shape index (κ3) is 5.42. The SMILES string of the molecule is CCCCOC(=O)c1ccc(-c2ccc(C=Nn3c(-c4cc5cc(Cl)ccc5o4)nc4ccccc4c3=O)o2)cc1. The van der Waals surface area contributed by atoms with E-state index in [2.05, 4.69) is 10.1 Å². The number of hydrogen-bond acceptors (Lipinski definition) is 7. The van der Waals surface area contributed by atoms with E-state index in [4.69, 9.17) is 25.2 Å². The molecule has 0 aliphatic heterocycles. The number of para-hydroxylation sites is 1. The van der Waals surface area contributed by atoms with Crippen LogP contribution in [0.25, 0.3) is 44.8 Å². The van der Waals surface area contributed by atoms with Gasteiger partial charge in [-0.15, -0.1) is 0 Å². The Kier molecular flexibility index (Phi) is 7.22. The summed E-state index contributed by atoms with van der Waals surface area (Å²) in [6.07, 6.45) is 3.24. The Hall–Kier alpha value is -4.95. The number of carbonyl (C=O) groups is 1. The van der Waals surface area contributed by atoms with Crippen LogP contribution in [0.3, 0.4) is 0 Å². The summed E-state index contributed by atoms with van der Waals surface area (Å²) >= 11 is 6.15. The normalized spacial score (nSPS) is 11.6. The number of unbranched alkanes of at least 4 members (excludes halogenated alkanes) is 1. The van der Waals surface area contributed by atoms with Gasteiger partial charge in [0.25, 0.3) is 5.56 Å². The molecule has 0 aliphatic rings. The van der Waals surface area contributed by atoms with Gasteiger partial charge in [-0.05, 0) is 67.1 Å². The van der Waals surface area contributed by atoms with E-state index in [0.717, 1.165) is 23.8 Å². The van der Waals surface area contributed by atoms with Gasteiger partial charge in [0.2, 0.25) is 5.82 Å². The van der Waals surface area contributed by atoms with Gasteiger partial charge >= 0.3 is 5.97 Å². The van der Waals surface area contributed by atoms with Crippen molar-refractivity contribution in [1.82, 2.24) is 9.66 Å². The fourth-order valence-electron chi connectivity index (χ4n) is 4.37. The molecule has 6 rings (SSSR count). The standard InChI is InChI=1S/C32H24ClN3O5/c1-2-3-16-39-32(38)21-10-8-20(9-11-21)27-15-13-24(40-27)19-34-36-30(35-26-7-5-4-6-25(26)31(36)37)29-18-22-17-23(33)12-14-28(22)41-29/h4-15,17-19H,2-3,16H2,1H3. The maximum Gasteiger partial charge on any atom is 0.338 e. The average molecular weight is 566 g/mol. The molecule has 0 amide bonds. The lowest BCUT2D eigenvalue weighted by atomic mass is 10.1. The lowest BCUT2D eigenvalue weighted by molar-refractivity contribution is 0.0499. The second-order valence-electron chi connectivity index (χ2n) is 9.38. The zero-order valence-corrected chi connectivity index (χ0v) is 22.8. The van der Waals surface area contributed by atoms with E-state index < -0.39 is 0 Å². The molecule has 0 saturated heterocycles. The number of halogens is 1. The Bertz CT molecular complexity index is 1970. The number of nitrogens with zero attached hydrogens (tertiary/aromatic N) is 3. The molecule has 0 atom stereocenters. The van der Waals surface area contributed by atoms with Gasteiger partial charge in [0.1, 0.15) is 17.1 Å². The van der Waals surface area contributed by atoms with Gasteiger partial charge in [0.05, 0.1) is 29.3 Å². The maximum absolute atomic E-state index is 13.5. The predicted octanol–water partition coefficient (Wildman–Crippen LogP) is 7.56. The summed E-state index contributed by atoms with van der Waals surface area (Å²) < 4.78 is 18.4. The fraction of sp³-hybridized carbons (Fsp3) is 0.125. The van der Waals surface area contributed by atoms with Crippen molar-refractivity contribution in [2.24, 2.45) is 5.10 Å². The number of aromatic nitrogens is 2. The molecule has 0 saturated carbocycles. The number of rotatable bonds is 8. The molecule has 0 radical (unpaired) electrons. The molecule has 0 fully saturated rings. The van der Waals surface area contributed by atoms with Crippen molar-refractivity contribution in [1.29, 1.82) is 0 Å². The molecule has 8 nitrogen and oxygen atoms in total. The van der Waals surface area contributed by atoms with Crippen molar-refractivity contribution in [2.45, 2.75) is 19.8 Å². The van der Waals surface area contributed by atoms with Crippen LogP contribution >= 0.6 is 11.6 Å². The van der Waals surface area contributed by atoms with Crippen molar-refractivity contribution >= 4 is 45.7 Å². The van der Waals surface area contributed by atoms with E-state index in [0.29, 0.717) is 51.0 Å². The van der Waals surface area contributed by atoms with Crippen molar-refractivity contribution in [3.63, 3.8) is 0 Å². The molecule has 3 aromatic heterocycles. The first-order valence-corrected chi connectivity index (χ1v) is 13.5. The van der Waals surface area contributed by atoms with Crippen molar-refractivity contribution < 1.29 is 18.4 Å². The van der Waals surface area contributed by atoms with Gasteiger partial charge in [-0.3, -0.25) is 4.79 Å². The zero-order chi connectivity index (χ0) is 28.3. The number of esters is 1. The van der Waals surface area contributed by atoms with Gasteiger partial charge < -0.3 is 13.6 Å². The van der Waals surface area contributed by atoms with E-state index in [1.54, 1.807) is 78.9 Å². The first kappa shape index (κ1) is 26.3. The number of hydrogen-bond donors (Lipinski definition) is 0. The highest BCUT2D eigenvalue weighted by Gasteiger charge is 2.17. The zero-order valence-electron chi connectivity index (χ0n) is 22.0. The summed E-state index contributed by atoms with van der Waals surface area (Å²) in [6.45, 7) is 2.44. The van der Waals surface area contributed by atoms with Crippen LogP contribution in [-0.2, 0) is 4.74 Å². The summed E-state index contributed by atoms with van der Waals surface area (Å²) in [7, 11) is 0. The van der Waals surface area contributed by atoms with Gasteiger partial charge in [0.15, 0.2) is 5.76 Å². The minimum atomic E-state index is -0.353. The highest BCUT2D eigenvalue weighted by atomic mass is 35.5. The Balaban J connectivity index is 1.32. The average Bonchev–Trinajstić information content (AvgIpc) is 3.64. The lowest BCUT2D eigenvalue weighted by Gasteiger charge is -2.06. The van der Waals surface area contributed by atoms with E-state index in [9.17, 15) is 9.59 Å². The Morgan fingerprint density at radius 1 is 1.00 bits per heavy atom.